The molecule has 0 radical (unpaired) electrons. The summed E-state index contributed by atoms with van der Waals surface area (Å²) in [7, 11) is 0. The first-order valence-corrected chi connectivity index (χ1v) is 6.33. The first kappa shape index (κ1) is 12.3. The average molecular weight is 267 g/mol. The highest BCUT2D eigenvalue weighted by Crippen LogP contribution is 2.26. The number of primary amides is 1. The van der Waals surface area contributed by atoms with E-state index in [0.29, 0.717) is 18.1 Å². The number of nitrogens with zero attached hydrogens (tertiary/aromatic N) is 2. The number of amides is 1. The first-order valence-electron chi connectivity index (χ1n) is 6.33. The van der Waals surface area contributed by atoms with Gasteiger partial charge in [-0.2, -0.15) is 4.98 Å². The van der Waals surface area contributed by atoms with E-state index in [-0.39, 0.29) is 12.3 Å². The summed E-state index contributed by atoms with van der Waals surface area (Å²) >= 11 is 0. The third kappa shape index (κ3) is 2.38. The van der Waals surface area contributed by atoms with Crippen LogP contribution in [-0.2, 0) is 11.2 Å². The number of hydrogen-bond donors (Lipinski definition) is 1. The van der Waals surface area contributed by atoms with Gasteiger partial charge in [-0.15, -0.1) is 0 Å². The molecule has 1 amide bonds. The van der Waals surface area contributed by atoms with Gasteiger partial charge < -0.3 is 10.3 Å². The average Bonchev–Trinajstić information content (AvgIpc) is 2.93. The Hall–Kier alpha value is -2.69. The topological polar surface area (TPSA) is 82.0 Å². The Morgan fingerprint density at radius 1 is 1.15 bits per heavy atom. The number of benzene rings is 2. The highest BCUT2D eigenvalue weighted by Gasteiger charge is 2.11. The number of aryl methyl sites for hydroxylation is 1. The molecule has 0 saturated carbocycles. The summed E-state index contributed by atoms with van der Waals surface area (Å²) < 4.78 is 5.15. The van der Waals surface area contributed by atoms with Crippen LogP contribution in [0.25, 0.3) is 22.2 Å². The van der Waals surface area contributed by atoms with Crippen LogP contribution >= 0.6 is 0 Å². The van der Waals surface area contributed by atoms with Crippen LogP contribution in [0.15, 0.2) is 47.0 Å². The number of aromatic nitrogens is 2. The quantitative estimate of drug-likeness (QED) is 0.786. The van der Waals surface area contributed by atoms with E-state index >= 15 is 0 Å². The Morgan fingerprint density at radius 2 is 1.95 bits per heavy atom. The van der Waals surface area contributed by atoms with Gasteiger partial charge in [0.25, 0.3) is 0 Å². The minimum absolute atomic E-state index is 0.206. The summed E-state index contributed by atoms with van der Waals surface area (Å²) in [5.41, 5.74) is 6.02. The minimum atomic E-state index is -0.380. The Labute approximate surface area is 115 Å². The van der Waals surface area contributed by atoms with Crippen molar-refractivity contribution in [2.24, 2.45) is 5.73 Å². The van der Waals surface area contributed by atoms with E-state index in [0.717, 1.165) is 16.3 Å². The molecule has 1 heterocycles. The second kappa shape index (κ2) is 5.13. The van der Waals surface area contributed by atoms with Crippen LogP contribution in [0.1, 0.15) is 12.3 Å². The highest BCUT2D eigenvalue weighted by atomic mass is 16.5. The summed E-state index contributed by atoms with van der Waals surface area (Å²) in [6, 6.07) is 14.0. The lowest BCUT2D eigenvalue weighted by molar-refractivity contribution is -0.118. The largest absolute Gasteiger partial charge is 0.370 e. The van der Waals surface area contributed by atoms with Gasteiger partial charge in [0, 0.05) is 18.4 Å². The van der Waals surface area contributed by atoms with Gasteiger partial charge in [-0.1, -0.05) is 47.6 Å². The Balaban J connectivity index is 1.97. The van der Waals surface area contributed by atoms with Crippen molar-refractivity contribution in [3.05, 3.63) is 48.4 Å². The normalized spacial score (nSPS) is 10.8. The highest BCUT2D eigenvalue weighted by molar-refractivity contribution is 5.94. The molecular weight excluding hydrogens is 254 g/mol. The standard InChI is InChI=1S/C15H13N3O2/c16-13(19)8-9-14-17-15(18-20-14)12-7-3-5-10-4-1-2-6-11(10)12/h1-7H,8-9H2,(H2,16,19). The third-order valence-corrected chi connectivity index (χ3v) is 3.08. The number of fused-ring (bicyclic) bond motifs is 1. The first-order chi connectivity index (χ1) is 9.74. The van der Waals surface area contributed by atoms with Crippen LogP contribution in [0.2, 0.25) is 0 Å². The molecule has 20 heavy (non-hydrogen) atoms. The molecule has 0 bridgehead atoms. The molecule has 5 nitrogen and oxygen atoms in total. The molecule has 2 aromatic carbocycles. The molecule has 0 unspecified atom stereocenters. The van der Waals surface area contributed by atoms with E-state index in [9.17, 15) is 4.79 Å². The van der Waals surface area contributed by atoms with Crippen molar-refractivity contribution >= 4 is 16.7 Å². The fraction of sp³-hybridized carbons (Fsp3) is 0.133. The van der Waals surface area contributed by atoms with Crippen molar-refractivity contribution in [2.75, 3.05) is 0 Å². The van der Waals surface area contributed by atoms with Gasteiger partial charge in [0.05, 0.1) is 0 Å². The van der Waals surface area contributed by atoms with Crippen LogP contribution < -0.4 is 5.73 Å². The maximum atomic E-state index is 10.8. The van der Waals surface area contributed by atoms with Gasteiger partial charge in [0.1, 0.15) is 0 Å². The Kier molecular flexibility index (Phi) is 3.16. The predicted molar refractivity (Wildman–Crippen MR) is 74.8 cm³/mol. The molecule has 100 valence electrons. The van der Waals surface area contributed by atoms with Crippen LogP contribution in [0.3, 0.4) is 0 Å². The van der Waals surface area contributed by atoms with Crippen LogP contribution in [0.5, 0.6) is 0 Å². The fourth-order valence-electron chi connectivity index (χ4n) is 2.12. The molecule has 3 aromatic rings. The summed E-state index contributed by atoms with van der Waals surface area (Å²) in [6.07, 6.45) is 0.574. The maximum Gasteiger partial charge on any atom is 0.227 e. The van der Waals surface area contributed by atoms with Gasteiger partial charge in [-0.3, -0.25) is 4.79 Å². The smallest absolute Gasteiger partial charge is 0.227 e. The van der Waals surface area contributed by atoms with Gasteiger partial charge in [-0.25, -0.2) is 0 Å². The van der Waals surface area contributed by atoms with Gasteiger partial charge in [0.15, 0.2) is 0 Å². The predicted octanol–water partition coefficient (Wildman–Crippen LogP) is 2.31. The Bertz CT molecular complexity index is 759. The van der Waals surface area contributed by atoms with Crippen molar-refractivity contribution in [1.29, 1.82) is 0 Å². The van der Waals surface area contributed by atoms with Crippen molar-refractivity contribution in [3.8, 4) is 11.4 Å². The molecule has 5 heteroatoms. The zero-order valence-corrected chi connectivity index (χ0v) is 10.7. The number of carbonyl (C=O) groups is 1. The summed E-state index contributed by atoms with van der Waals surface area (Å²) in [5.74, 6) is 0.572. The lowest BCUT2D eigenvalue weighted by Crippen LogP contribution is -2.11. The van der Waals surface area contributed by atoms with Gasteiger partial charge >= 0.3 is 0 Å². The minimum Gasteiger partial charge on any atom is -0.370 e. The molecule has 0 aliphatic carbocycles. The number of rotatable bonds is 4. The zero-order chi connectivity index (χ0) is 13.9. The molecule has 2 N–H and O–H groups in total. The molecule has 3 rings (SSSR count). The second-order valence-electron chi connectivity index (χ2n) is 4.50. The lowest BCUT2D eigenvalue weighted by Gasteiger charge is -2.01. The SMILES string of the molecule is NC(=O)CCc1nc(-c2cccc3ccccc23)no1. The zero-order valence-electron chi connectivity index (χ0n) is 10.7. The molecule has 0 spiro atoms. The third-order valence-electron chi connectivity index (χ3n) is 3.08. The summed E-state index contributed by atoms with van der Waals surface area (Å²) in [6.45, 7) is 0. The summed E-state index contributed by atoms with van der Waals surface area (Å²) in [5, 5.41) is 6.16. The summed E-state index contributed by atoms with van der Waals surface area (Å²) in [4.78, 5) is 15.1. The molecular formula is C15H13N3O2. The van der Waals surface area contributed by atoms with E-state index in [1.165, 1.54) is 0 Å². The number of carbonyl (C=O) groups excluding carboxylic acids is 1. The molecule has 0 fully saturated rings. The van der Waals surface area contributed by atoms with Gasteiger partial charge in [-0.05, 0) is 10.8 Å². The van der Waals surface area contributed by atoms with Crippen LogP contribution in [0, 0.1) is 0 Å². The Morgan fingerprint density at radius 3 is 2.80 bits per heavy atom. The van der Waals surface area contributed by atoms with E-state index in [2.05, 4.69) is 10.1 Å². The van der Waals surface area contributed by atoms with Gasteiger partial charge in [0.2, 0.25) is 17.6 Å². The van der Waals surface area contributed by atoms with E-state index in [1.807, 2.05) is 42.5 Å². The van der Waals surface area contributed by atoms with Crippen LogP contribution in [0.4, 0.5) is 0 Å². The molecule has 1 aromatic heterocycles. The molecule has 0 saturated heterocycles. The maximum absolute atomic E-state index is 10.8. The molecule has 0 atom stereocenters. The van der Waals surface area contributed by atoms with E-state index < -0.39 is 0 Å². The van der Waals surface area contributed by atoms with Crippen LogP contribution in [-0.4, -0.2) is 16.0 Å². The number of nitrogens with two attached hydrogens (primary N) is 1. The lowest BCUT2D eigenvalue weighted by atomic mass is 10.0. The van der Waals surface area contributed by atoms with E-state index in [1.54, 1.807) is 0 Å². The van der Waals surface area contributed by atoms with Crippen molar-refractivity contribution in [1.82, 2.24) is 10.1 Å². The van der Waals surface area contributed by atoms with E-state index in [4.69, 9.17) is 10.3 Å². The molecule has 0 aliphatic rings. The van der Waals surface area contributed by atoms with Crippen molar-refractivity contribution < 1.29 is 9.32 Å². The monoisotopic (exact) mass is 267 g/mol. The van der Waals surface area contributed by atoms with Crippen molar-refractivity contribution in [2.45, 2.75) is 12.8 Å². The number of hydrogen-bond acceptors (Lipinski definition) is 4. The fourth-order valence-corrected chi connectivity index (χ4v) is 2.12. The van der Waals surface area contributed by atoms with Crippen molar-refractivity contribution in [3.63, 3.8) is 0 Å². The second-order valence-corrected chi connectivity index (χ2v) is 4.50. The molecule has 0 aliphatic heterocycles.